The number of Topliss-reactive ketones (excluding diaryl/α,β-unsaturated/α-hetero) is 1. The van der Waals surface area contributed by atoms with Crippen molar-refractivity contribution in [3.63, 3.8) is 0 Å². The Morgan fingerprint density at radius 2 is 2.41 bits per heavy atom. The Hall–Kier alpha value is -1.16. The van der Waals surface area contributed by atoms with Crippen LogP contribution in [0.5, 0.6) is 0 Å². The molecule has 1 aromatic rings. The number of carbonyl (C=O) groups excluding carboxylic acids is 1. The van der Waals surface area contributed by atoms with Crippen molar-refractivity contribution in [2.75, 3.05) is 6.61 Å². The van der Waals surface area contributed by atoms with Gasteiger partial charge in [0, 0.05) is 31.7 Å². The highest BCUT2D eigenvalue weighted by Gasteiger charge is 2.32. The van der Waals surface area contributed by atoms with Crippen LogP contribution >= 0.6 is 0 Å². The Balaban J connectivity index is 2.04. The summed E-state index contributed by atoms with van der Waals surface area (Å²) in [5, 5.41) is 4.26. The fraction of sp³-hybridized carbons (Fsp3) is 0.692. The van der Waals surface area contributed by atoms with E-state index in [1.54, 1.807) is 4.68 Å². The van der Waals surface area contributed by atoms with Gasteiger partial charge < -0.3 is 4.74 Å². The van der Waals surface area contributed by atoms with Gasteiger partial charge in [0.15, 0.2) is 0 Å². The summed E-state index contributed by atoms with van der Waals surface area (Å²) in [6.07, 6.45) is 2.38. The van der Waals surface area contributed by atoms with Gasteiger partial charge in [-0.2, -0.15) is 5.10 Å². The fourth-order valence-corrected chi connectivity index (χ4v) is 2.56. The first-order chi connectivity index (χ1) is 8.11. The minimum absolute atomic E-state index is 0.0789. The molecule has 4 nitrogen and oxygen atoms in total. The highest BCUT2D eigenvalue weighted by atomic mass is 16.5. The number of aryl methyl sites for hydroxylation is 2. The summed E-state index contributed by atoms with van der Waals surface area (Å²) < 4.78 is 7.36. The molecule has 0 amide bonds. The predicted octanol–water partition coefficient (Wildman–Crippen LogP) is 1.66. The molecule has 4 heteroatoms. The number of hydrogen-bond acceptors (Lipinski definition) is 3. The van der Waals surface area contributed by atoms with Crippen LogP contribution in [-0.4, -0.2) is 28.3 Å². The molecule has 1 saturated heterocycles. The standard InChI is InChI=1S/C13H20N2O2/c1-4-13-11(5-6-17-13)12(16)8-10-7-9(2)14-15(10)3/h7,11,13H,4-6,8H2,1-3H3. The van der Waals surface area contributed by atoms with Crippen LogP contribution < -0.4 is 0 Å². The van der Waals surface area contributed by atoms with Gasteiger partial charge in [0.2, 0.25) is 0 Å². The van der Waals surface area contributed by atoms with Crippen molar-refractivity contribution < 1.29 is 9.53 Å². The van der Waals surface area contributed by atoms with Gasteiger partial charge in [0.05, 0.1) is 11.8 Å². The zero-order valence-corrected chi connectivity index (χ0v) is 10.8. The molecule has 17 heavy (non-hydrogen) atoms. The maximum absolute atomic E-state index is 12.2. The normalized spacial score (nSPS) is 24.2. The highest BCUT2D eigenvalue weighted by molar-refractivity contribution is 5.83. The van der Waals surface area contributed by atoms with Crippen molar-refractivity contribution in [3.8, 4) is 0 Å². The van der Waals surface area contributed by atoms with E-state index in [1.807, 2.05) is 20.0 Å². The van der Waals surface area contributed by atoms with Crippen molar-refractivity contribution in [1.82, 2.24) is 9.78 Å². The molecule has 0 radical (unpaired) electrons. The molecule has 0 spiro atoms. The lowest BCUT2D eigenvalue weighted by Crippen LogP contribution is -2.25. The number of ether oxygens (including phenoxy) is 1. The topological polar surface area (TPSA) is 44.1 Å². The number of rotatable bonds is 4. The number of carbonyl (C=O) groups is 1. The Kier molecular flexibility index (Phi) is 3.62. The van der Waals surface area contributed by atoms with Gasteiger partial charge in [-0.05, 0) is 25.8 Å². The molecule has 94 valence electrons. The average molecular weight is 236 g/mol. The Morgan fingerprint density at radius 3 is 3.00 bits per heavy atom. The highest BCUT2D eigenvalue weighted by Crippen LogP contribution is 2.25. The molecule has 0 bridgehead atoms. The SMILES string of the molecule is CCC1OCCC1C(=O)Cc1cc(C)nn1C. The molecular formula is C13H20N2O2. The van der Waals surface area contributed by atoms with Crippen LogP contribution in [-0.2, 0) is 23.0 Å². The maximum Gasteiger partial charge on any atom is 0.144 e. The zero-order valence-electron chi connectivity index (χ0n) is 10.8. The van der Waals surface area contributed by atoms with E-state index in [2.05, 4.69) is 12.0 Å². The number of aromatic nitrogens is 2. The molecule has 1 aliphatic rings. The second-order valence-electron chi connectivity index (χ2n) is 4.76. The average Bonchev–Trinajstić information content (AvgIpc) is 2.85. The van der Waals surface area contributed by atoms with Gasteiger partial charge in [-0.15, -0.1) is 0 Å². The molecule has 0 N–H and O–H groups in total. The van der Waals surface area contributed by atoms with E-state index in [0.29, 0.717) is 6.42 Å². The lowest BCUT2D eigenvalue weighted by Gasteiger charge is -2.15. The number of hydrogen-bond donors (Lipinski definition) is 0. The molecule has 0 saturated carbocycles. The lowest BCUT2D eigenvalue weighted by atomic mass is 9.92. The first kappa shape index (κ1) is 12.3. The zero-order chi connectivity index (χ0) is 12.4. The third-order valence-electron chi connectivity index (χ3n) is 3.48. The Morgan fingerprint density at radius 1 is 1.65 bits per heavy atom. The van der Waals surface area contributed by atoms with Crippen LogP contribution in [0.4, 0.5) is 0 Å². The van der Waals surface area contributed by atoms with Gasteiger partial charge in [-0.3, -0.25) is 9.48 Å². The molecule has 2 heterocycles. The monoisotopic (exact) mass is 236 g/mol. The fourth-order valence-electron chi connectivity index (χ4n) is 2.56. The van der Waals surface area contributed by atoms with Crippen LogP contribution in [0.3, 0.4) is 0 Å². The second kappa shape index (κ2) is 5.00. The number of nitrogens with zero attached hydrogens (tertiary/aromatic N) is 2. The first-order valence-electron chi connectivity index (χ1n) is 6.25. The van der Waals surface area contributed by atoms with Crippen molar-refractivity contribution >= 4 is 5.78 Å². The molecular weight excluding hydrogens is 216 g/mol. The van der Waals surface area contributed by atoms with E-state index in [9.17, 15) is 4.79 Å². The van der Waals surface area contributed by atoms with Crippen LogP contribution in [0.1, 0.15) is 31.2 Å². The summed E-state index contributed by atoms with van der Waals surface area (Å²) in [7, 11) is 1.89. The molecule has 1 aliphatic heterocycles. The van der Waals surface area contributed by atoms with Gasteiger partial charge in [-0.25, -0.2) is 0 Å². The molecule has 0 aromatic carbocycles. The largest absolute Gasteiger partial charge is 0.377 e. The molecule has 1 fully saturated rings. The minimum Gasteiger partial charge on any atom is -0.377 e. The summed E-state index contributed by atoms with van der Waals surface area (Å²) in [5.74, 6) is 0.368. The smallest absolute Gasteiger partial charge is 0.144 e. The van der Waals surface area contributed by atoms with E-state index in [0.717, 1.165) is 30.8 Å². The van der Waals surface area contributed by atoms with Crippen molar-refractivity contribution in [2.45, 2.75) is 39.2 Å². The van der Waals surface area contributed by atoms with Crippen LogP contribution in [0.2, 0.25) is 0 Å². The van der Waals surface area contributed by atoms with Gasteiger partial charge >= 0.3 is 0 Å². The maximum atomic E-state index is 12.2. The van der Waals surface area contributed by atoms with Gasteiger partial charge in [0.25, 0.3) is 0 Å². The quantitative estimate of drug-likeness (QED) is 0.798. The first-order valence-corrected chi connectivity index (χ1v) is 6.25. The van der Waals surface area contributed by atoms with Crippen molar-refractivity contribution in [1.29, 1.82) is 0 Å². The lowest BCUT2D eigenvalue weighted by molar-refractivity contribution is -0.124. The van der Waals surface area contributed by atoms with Crippen molar-refractivity contribution in [3.05, 3.63) is 17.5 Å². The van der Waals surface area contributed by atoms with Crippen LogP contribution in [0, 0.1) is 12.8 Å². The van der Waals surface area contributed by atoms with Crippen LogP contribution in [0.15, 0.2) is 6.07 Å². The third-order valence-corrected chi connectivity index (χ3v) is 3.48. The Bertz CT molecular complexity index is 412. The van der Waals surface area contributed by atoms with Crippen LogP contribution in [0.25, 0.3) is 0 Å². The van der Waals surface area contributed by atoms with E-state index in [4.69, 9.17) is 4.74 Å². The molecule has 1 aromatic heterocycles. The second-order valence-corrected chi connectivity index (χ2v) is 4.76. The molecule has 2 unspecified atom stereocenters. The summed E-state index contributed by atoms with van der Waals surface area (Å²) >= 11 is 0. The molecule has 2 atom stereocenters. The summed E-state index contributed by atoms with van der Waals surface area (Å²) in [6, 6.07) is 1.98. The van der Waals surface area contributed by atoms with E-state index < -0.39 is 0 Å². The molecule has 2 rings (SSSR count). The predicted molar refractivity (Wildman–Crippen MR) is 64.8 cm³/mol. The van der Waals surface area contributed by atoms with Gasteiger partial charge in [-0.1, -0.05) is 6.92 Å². The van der Waals surface area contributed by atoms with Crippen molar-refractivity contribution in [2.24, 2.45) is 13.0 Å². The Labute approximate surface area is 102 Å². The summed E-state index contributed by atoms with van der Waals surface area (Å²) in [5.41, 5.74) is 1.96. The summed E-state index contributed by atoms with van der Waals surface area (Å²) in [6.45, 7) is 4.74. The summed E-state index contributed by atoms with van der Waals surface area (Å²) in [4.78, 5) is 12.2. The minimum atomic E-state index is 0.0789. The van der Waals surface area contributed by atoms with Gasteiger partial charge in [0.1, 0.15) is 5.78 Å². The number of ketones is 1. The van der Waals surface area contributed by atoms with E-state index >= 15 is 0 Å². The molecule has 0 aliphatic carbocycles. The van der Waals surface area contributed by atoms with E-state index in [-0.39, 0.29) is 17.8 Å². The third kappa shape index (κ3) is 2.57. The van der Waals surface area contributed by atoms with E-state index in [1.165, 1.54) is 0 Å².